The first-order valence-electron chi connectivity index (χ1n) is 6.15. The van der Waals surface area contributed by atoms with Gasteiger partial charge in [-0.05, 0) is 32.8 Å². The van der Waals surface area contributed by atoms with Crippen molar-refractivity contribution in [2.45, 2.75) is 6.42 Å². The Labute approximate surface area is 107 Å². The number of hydrogen-bond acceptors (Lipinski definition) is 4. The van der Waals surface area contributed by atoms with Crippen molar-refractivity contribution in [3.05, 3.63) is 30.2 Å². The smallest absolute Gasteiger partial charge is 0.179 e. The van der Waals surface area contributed by atoms with Crippen LogP contribution in [-0.2, 0) is 6.42 Å². The molecule has 0 spiro atoms. The molecule has 0 aliphatic carbocycles. The summed E-state index contributed by atoms with van der Waals surface area (Å²) in [5.41, 5.74) is 7.41. The highest BCUT2D eigenvalue weighted by molar-refractivity contribution is 5.54. The SMILES string of the molecule is CN(C)CCOc1cccn2cc(CCN)nc12. The summed E-state index contributed by atoms with van der Waals surface area (Å²) < 4.78 is 7.75. The zero-order valence-corrected chi connectivity index (χ0v) is 11.0. The summed E-state index contributed by atoms with van der Waals surface area (Å²) in [6.07, 6.45) is 4.76. The maximum atomic E-state index is 5.77. The van der Waals surface area contributed by atoms with Gasteiger partial charge in [0.1, 0.15) is 6.61 Å². The van der Waals surface area contributed by atoms with E-state index in [9.17, 15) is 0 Å². The van der Waals surface area contributed by atoms with Crippen molar-refractivity contribution in [2.24, 2.45) is 5.73 Å². The first-order chi connectivity index (χ1) is 8.70. The molecule has 0 radical (unpaired) electrons. The van der Waals surface area contributed by atoms with Gasteiger partial charge in [0.05, 0.1) is 5.69 Å². The molecule has 0 aliphatic rings. The van der Waals surface area contributed by atoms with Crippen LogP contribution in [0.2, 0.25) is 0 Å². The lowest BCUT2D eigenvalue weighted by molar-refractivity contribution is 0.262. The Morgan fingerprint density at radius 3 is 3.00 bits per heavy atom. The van der Waals surface area contributed by atoms with Gasteiger partial charge in [-0.25, -0.2) is 4.98 Å². The van der Waals surface area contributed by atoms with Crippen LogP contribution in [0.4, 0.5) is 0 Å². The number of hydrogen-bond donors (Lipinski definition) is 1. The minimum absolute atomic E-state index is 0.612. The van der Waals surface area contributed by atoms with Gasteiger partial charge in [0.15, 0.2) is 11.4 Å². The van der Waals surface area contributed by atoms with Crippen LogP contribution in [0.15, 0.2) is 24.5 Å². The summed E-state index contributed by atoms with van der Waals surface area (Å²) >= 11 is 0. The molecule has 18 heavy (non-hydrogen) atoms. The molecule has 0 saturated carbocycles. The first kappa shape index (κ1) is 12.9. The second kappa shape index (κ2) is 5.84. The number of fused-ring (bicyclic) bond motifs is 1. The zero-order valence-electron chi connectivity index (χ0n) is 11.0. The van der Waals surface area contributed by atoms with E-state index in [2.05, 4.69) is 9.88 Å². The predicted octanol–water partition coefficient (Wildman–Crippen LogP) is 0.776. The van der Waals surface area contributed by atoms with Crippen LogP contribution in [0.3, 0.4) is 0 Å². The van der Waals surface area contributed by atoms with Crippen LogP contribution in [0.25, 0.3) is 5.65 Å². The van der Waals surface area contributed by atoms with Gasteiger partial charge < -0.3 is 19.8 Å². The van der Waals surface area contributed by atoms with Gasteiger partial charge >= 0.3 is 0 Å². The summed E-state index contributed by atoms with van der Waals surface area (Å²) in [5, 5.41) is 0. The Hall–Kier alpha value is -1.59. The molecular formula is C13H20N4O. The fraction of sp³-hybridized carbons (Fsp3) is 0.462. The van der Waals surface area contributed by atoms with Crippen LogP contribution in [0.5, 0.6) is 5.75 Å². The monoisotopic (exact) mass is 248 g/mol. The molecule has 0 unspecified atom stereocenters. The average Bonchev–Trinajstić information content (AvgIpc) is 2.72. The molecule has 2 N–H and O–H groups in total. The standard InChI is InChI=1S/C13H20N4O/c1-16(2)8-9-18-12-4-3-7-17-10-11(5-6-14)15-13(12)17/h3-4,7,10H,5-6,8-9,14H2,1-2H3. The maximum absolute atomic E-state index is 5.77. The summed E-state index contributed by atoms with van der Waals surface area (Å²) in [6.45, 7) is 2.16. The van der Waals surface area contributed by atoms with Gasteiger partial charge in [-0.3, -0.25) is 0 Å². The number of likely N-dealkylation sites (N-methyl/N-ethyl adjacent to an activating group) is 1. The number of imidazole rings is 1. The molecule has 0 aromatic carbocycles. The van der Waals surface area contributed by atoms with Gasteiger partial charge in [0.25, 0.3) is 0 Å². The normalized spacial score (nSPS) is 11.3. The molecule has 2 heterocycles. The van der Waals surface area contributed by atoms with E-state index in [1.165, 1.54) is 0 Å². The predicted molar refractivity (Wildman–Crippen MR) is 72.0 cm³/mol. The van der Waals surface area contributed by atoms with Crippen molar-refractivity contribution in [2.75, 3.05) is 33.8 Å². The summed E-state index contributed by atoms with van der Waals surface area (Å²) in [7, 11) is 4.05. The number of pyridine rings is 1. The Morgan fingerprint density at radius 1 is 1.44 bits per heavy atom. The molecule has 2 aromatic rings. The van der Waals surface area contributed by atoms with Crippen LogP contribution >= 0.6 is 0 Å². The highest BCUT2D eigenvalue weighted by Gasteiger charge is 2.06. The van der Waals surface area contributed by atoms with E-state index in [-0.39, 0.29) is 0 Å². The topological polar surface area (TPSA) is 55.8 Å². The van der Waals surface area contributed by atoms with Gasteiger partial charge in [0.2, 0.25) is 0 Å². The Kier molecular flexibility index (Phi) is 4.17. The first-order valence-corrected chi connectivity index (χ1v) is 6.15. The number of rotatable bonds is 6. The highest BCUT2D eigenvalue weighted by Crippen LogP contribution is 2.19. The Balaban J connectivity index is 2.16. The molecule has 98 valence electrons. The van der Waals surface area contributed by atoms with Crippen molar-refractivity contribution in [1.29, 1.82) is 0 Å². The quantitative estimate of drug-likeness (QED) is 0.820. The van der Waals surface area contributed by atoms with E-state index in [0.717, 1.165) is 30.1 Å². The van der Waals surface area contributed by atoms with Crippen molar-refractivity contribution < 1.29 is 4.74 Å². The molecular weight excluding hydrogens is 228 g/mol. The van der Waals surface area contributed by atoms with E-state index < -0.39 is 0 Å². The van der Waals surface area contributed by atoms with Crippen LogP contribution in [0, 0.1) is 0 Å². The van der Waals surface area contributed by atoms with Crippen LogP contribution in [-0.4, -0.2) is 48.1 Å². The van der Waals surface area contributed by atoms with Crippen molar-refractivity contribution in [3.63, 3.8) is 0 Å². The average molecular weight is 248 g/mol. The second-order valence-corrected chi connectivity index (χ2v) is 4.53. The van der Waals surface area contributed by atoms with E-state index in [0.29, 0.717) is 13.2 Å². The fourth-order valence-corrected chi connectivity index (χ4v) is 1.76. The third-order valence-electron chi connectivity index (χ3n) is 2.69. The number of nitrogens with zero attached hydrogens (tertiary/aromatic N) is 3. The lowest BCUT2D eigenvalue weighted by Gasteiger charge is -2.11. The number of nitrogens with two attached hydrogens (primary N) is 1. The molecule has 0 fully saturated rings. The lowest BCUT2D eigenvalue weighted by atomic mass is 10.3. The van der Waals surface area contributed by atoms with E-state index in [4.69, 9.17) is 10.5 Å². The third-order valence-corrected chi connectivity index (χ3v) is 2.69. The fourth-order valence-electron chi connectivity index (χ4n) is 1.76. The van der Waals surface area contributed by atoms with Crippen LogP contribution < -0.4 is 10.5 Å². The molecule has 0 atom stereocenters. The molecule has 0 bridgehead atoms. The summed E-state index contributed by atoms with van der Waals surface area (Å²) in [4.78, 5) is 6.63. The molecule has 0 saturated heterocycles. The summed E-state index contributed by atoms with van der Waals surface area (Å²) in [5.74, 6) is 0.822. The second-order valence-electron chi connectivity index (χ2n) is 4.53. The van der Waals surface area contributed by atoms with Gasteiger partial charge in [-0.2, -0.15) is 0 Å². The van der Waals surface area contributed by atoms with E-state index in [1.54, 1.807) is 0 Å². The molecule has 0 amide bonds. The van der Waals surface area contributed by atoms with Crippen molar-refractivity contribution in [3.8, 4) is 5.75 Å². The van der Waals surface area contributed by atoms with Crippen molar-refractivity contribution >= 4 is 5.65 Å². The van der Waals surface area contributed by atoms with E-state index >= 15 is 0 Å². The minimum atomic E-state index is 0.612. The highest BCUT2D eigenvalue weighted by atomic mass is 16.5. The number of aromatic nitrogens is 2. The summed E-state index contributed by atoms with van der Waals surface area (Å²) in [6, 6.07) is 3.91. The molecule has 2 rings (SSSR count). The Bertz CT molecular complexity index is 507. The van der Waals surface area contributed by atoms with Gasteiger partial charge in [-0.15, -0.1) is 0 Å². The maximum Gasteiger partial charge on any atom is 0.179 e. The Morgan fingerprint density at radius 2 is 2.28 bits per heavy atom. The lowest BCUT2D eigenvalue weighted by Crippen LogP contribution is -2.19. The number of ether oxygens (including phenoxy) is 1. The van der Waals surface area contributed by atoms with Crippen molar-refractivity contribution in [1.82, 2.24) is 14.3 Å². The largest absolute Gasteiger partial charge is 0.488 e. The van der Waals surface area contributed by atoms with Gasteiger partial charge in [-0.1, -0.05) is 0 Å². The van der Waals surface area contributed by atoms with Crippen LogP contribution in [0.1, 0.15) is 5.69 Å². The minimum Gasteiger partial charge on any atom is -0.488 e. The molecule has 5 nitrogen and oxygen atoms in total. The molecule has 5 heteroatoms. The third kappa shape index (κ3) is 3.00. The zero-order chi connectivity index (χ0) is 13.0. The van der Waals surface area contributed by atoms with E-state index in [1.807, 2.05) is 43.0 Å². The molecule has 0 aliphatic heterocycles. The van der Waals surface area contributed by atoms with Gasteiger partial charge in [0, 0.05) is 25.4 Å². The molecule has 2 aromatic heterocycles.